The highest BCUT2D eigenvalue weighted by Gasteiger charge is 2.42. The Labute approximate surface area is 198 Å². The van der Waals surface area contributed by atoms with Gasteiger partial charge in [0.2, 0.25) is 11.8 Å². The lowest BCUT2D eigenvalue weighted by Gasteiger charge is -2.41. The lowest BCUT2D eigenvalue weighted by atomic mass is 9.82. The molecule has 1 heterocycles. The molecule has 34 heavy (non-hydrogen) atoms. The van der Waals surface area contributed by atoms with Crippen LogP contribution in [0.25, 0.3) is 0 Å². The summed E-state index contributed by atoms with van der Waals surface area (Å²) in [6.07, 6.45) is 0.514. The molecule has 0 bridgehead atoms. The number of piperidine rings is 1. The van der Waals surface area contributed by atoms with Gasteiger partial charge in [-0.1, -0.05) is 24.3 Å². The van der Waals surface area contributed by atoms with E-state index in [0.717, 1.165) is 5.56 Å². The Morgan fingerprint density at radius 2 is 1.76 bits per heavy atom. The van der Waals surface area contributed by atoms with Gasteiger partial charge in [-0.15, -0.1) is 0 Å². The molecular formula is C27H27FN2O4. The number of carbonyl (C=O) groups excluding carboxylic acids is 2. The van der Waals surface area contributed by atoms with E-state index >= 15 is 0 Å². The SMILES string of the molecule is COc1ccc(N2C(=O)CCC(C(=O)Nc3ccc(C)cc3F)C2c2ccccc2OC)cc1. The molecule has 3 aromatic carbocycles. The molecule has 4 rings (SSSR count). The average molecular weight is 463 g/mol. The number of amides is 2. The number of benzene rings is 3. The summed E-state index contributed by atoms with van der Waals surface area (Å²) < 4.78 is 25.3. The van der Waals surface area contributed by atoms with Crippen LogP contribution in [0.4, 0.5) is 15.8 Å². The number of para-hydroxylation sites is 1. The van der Waals surface area contributed by atoms with Gasteiger partial charge in [0.25, 0.3) is 0 Å². The maximum absolute atomic E-state index is 14.5. The maximum atomic E-state index is 14.5. The van der Waals surface area contributed by atoms with Gasteiger partial charge in [0.05, 0.1) is 31.9 Å². The van der Waals surface area contributed by atoms with Gasteiger partial charge in [0, 0.05) is 17.7 Å². The number of halogens is 1. The van der Waals surface area contributed by atoms with Crippen LogP contribution in [0.2, 0.25) is 0 Å². The lowest BCUT2D eigenvalue weighted by molar-refractivity contribution is -0.126. The third-order valence-corrected chi connectivity index (χ3v) is 6.12. The predicted molar refractivity (Wildman–Crippen MR) is 129 cm³/mol. The van der Waals surface area contributed by atoms with Crippen molar-refractivity contribution in [1.82, 2.24) is 0 Å². The van der Waals surface area contributed by atoms with Crippen molar-refractivity contribution in [3.8, 4) is 11.5 Å². The van der Waals surface area contributed by atoms with E-state index in [9.17, 15) is 14.0 Å². The third kappa shape index (κ3) is 4.59. The molecule has 2 unspecified atom stereocenters. The maximum Gasteiger partial charge on any atom is 0.230 e. The second-order valence-corrected chi connectivity index (χ2v) is 8.27. The van der Waals surface area contributed by atoms with E-state index in [1.165, 1.54) is 6.07 Å². The second-order valence-electron chi connectivity index (χ2n) is 8.27. The Morgan fingerprint density at radius 3 is 2.44 bits per heavy atom. The molecule has 7 heteroatoms. The first kappa shape index (κ1) is 23.3. The van der Waals surface area contributed by atoms with Crippen molar-refractivity contribution in [3.05, 3.63) is 83.7 Å². The van der Waals surface area contributed by atoms with Crippen molar-refractivity contribution in [2.75, 3.05) is 24.4 Å². The summed E-state index contributed by atoms with van der Waals surface area (Å²) in [5.74, 6) is -0.361. The fourth-order valence-corrected chi connectivity index (χ4v) is 4.43. The molecule has 0 radical (unpaired) electrons. The van der Waals surface area contributed by atoms with Crippen molar-refractivity contribution in [2.45, 2.75) is 25.8 Å². The highest BCUT2D eigenvalue weighted by Crippen LogP contribution is 2.43. The van der Waals surface area contributed by atoms with Gasteiger partial charge in [-0.05, 0) is 61.4 Å². The Bertz CT molecular complexity index is 1200. The van der Waals surface area contributed by atoms with Gasteiger partial charge in [0.15, 0.2) is 0 Å². The largest absolute Gasteiger partial charge is 0.497 e. The van der Waals surface area contributed by atoms with Crippen molar-refractivity contribution in [1.29, 1.82) is 0 Å². The van der Waals surface area contributed by atoms with Crippen LogP contribution in [-0.2, 0) is 9.59 Å². The van der Waals surface area contributed by atoms with E-state index in [1.54, 1.807) is 68.5 Å². The number of hydrogen-bond acceptors (Lipinski definition) is 4. The summed E-state index contributed by atoms with van der Waals surface area (Å²) >= 11 is 0. The number of carbonyl (C=O) groups is 2. The Kier molecular flexibility index (Phi) is 6.82. The summed E-state index contributed by atoms with van der Waals surface area (Å²) in [6, 6.07) is 18.5. The molecule has 1 N–H and O–H groups in total. The van der Waals surface area contributed by atoms with Crippen molar-refractivity contribution < 1.29 is 23.5 Å². The summed E-state index contributed by atoms with van der Waals surface area (Å²) in [6.45, 7) is 1.78. The van der Waals surface area contributed by atoms with Gasteiger partial charge in [-0.2, -0.15) is 0 Å². The zero-order valence-corrected chi connectivity index (χ0v) is 19.4. The van der Waals surface area contributed by atoms with Crippen LogP contribution in [0, 0.1) is 18.7 Å². The van der Waals surface area contributed by atoms with E-state index < -0.39 is 17.8 Å². The second kappa shape index (κ2) is 9.95. The highest BCUT2D eigenvalue weighted by atomic mass is 19.1. The van der Waals surface area contributed by atoms with E-state index in [2.05, 4.69) is 5.32 Å². The molecule has 6 nitrogen and oxygen atoms in total. The summed E-state index contributed by atoms with van der Waals surface area (Å²) in [4.78, 5) is 28.3. The first-order valence-corrected chi connectivity index (χ1v) is 11.1. The highest BCUT2D eigenvalue weighted by molar-refractivity contribution is 6.00. The first-order valence-electron chi connectivity index (χ1n) is 11.1. The molecule has 0 aromatic heterocycles. The van der Waals surface area contributed by atoms with Crippen LogP contribution in [0.5, 0.6) is 11.5 Å². The number of hydrogen-bond donors (Lipinski definition) is 1. The number of aryl methyl sites for hydroxylation is 1. The molecule has 1 aliphatic heterocycles. The predicted octanol–water partition coefficient (Wildman–Crippen LogP) is 5.27. The molecule has 2 atom stereocenters. The zero-order valence-electron chi connectivity index (χ0n) is 19.4. The number of rotatable bonds is 6. The minimum Gasteiger partial charge on any atom is -0.497 e. The summed E-state index contributed by atoms with van der Waals surface area (Å²) in [5, 5.41) is 2.74. The van der Waals surface area contributed by atoms with Crippen molar-refractivity contribution in [3.63, 3.8) is 0 Å². The minimum absolute atomic E-state index is 0.105. The van der Waals surface area contributed by atoms with Crippen LogP contribution in [-0.4, -0.2) is 26.0 Å². The van der Waals surface area contributed by atoms with Gasteiger partial charge < -0.3 is 19.7 Å². The Balaban J connectivity index is 1.77. The van der Waals surface area contributed by atoms with Crippen LogP contribution < -0.4 is 19.7 Å². The number of ether oxygens (including phenoxy) is 2. The Hall–Kier alpha value is -3.87. The molecule has 0 spiro atoms. The monoisotopic (exact) mass is 462 g/mol. The normalized spacial score (nSPS) is 17.9. The van der Waals surface area contributed by atoms with Crippen LogP contribution in [0.1, 0.15) is 30.0 Å². The van der Waals surface area contributed by atoms with Gasteiger partial charge in [-0.25, -0.2) is 4.39 Å². The van der Waals surface area contributed by atoms with Crippen LogP contribution in [0.15, 0.2) is 66.7 Å². The number of anilines is 2. The smallest absolute Gasteiger partial charge is 0.230 e. The Morgan fingerprint density at radius 1 is 1.03 bits per heavy atom. The van der Waals surface area contributed by atoms with Gasteiger partial charge in [0.1, 0.15) is 17.3 Å². The number of nitrogens with one attached hydrogen (secondary N) is 1. The average Bonchev–Trinajstić information content (AvgIpc) is 2.85. The molecule has 176 valence electrons. The number of nitrogens with zero attached hydrogens (tertiary/aromatic N) is 1. The van der Waals surface area contributed by atoms with Crippen molar-refractivity contribution >= 4 is 23.2 Å². The van der Waals surface area contributed by atoms with Crippen LogP contribution >= 0.6 is 0 Å². The number of methoxy groups -OCH3 is 2. The fraction of sp³-hybridized carbons (Fsp3) is 0.259. The molecule has 0 saturated carbocycles. The zero-order chi connectivity index (χ0) is 24.2. The van der Waals surface area contributed by atoms with E-state index in [-0.39, 0.29) is 23.9 Å². The van der Waals surface area contributed by atoms with Crippen molar-refractivity contribution in [2.24, 2.45) is 5.92 Å². The summed E-state index contributed by atoms with van der Waals surface area (Å²) in [7, 11) is 3.13. The molecule has 1 fully saturated rings. The topological polar surface area (TPSA) is 67.9 Å². The van der Waals surface area contributed by atoms with E-state index in [1.807, 2.05) is 18.2 Å². The molecule has 3 aromatic rings. The summed E-state index contributed by atoms with van der Waals surface area (Å²) in [5.41, 5.74) is 2.22. The lowest BCUT2D eigenvalue weighted by Crippen LogP contribution is -2.47. The fourth-order valence-electron chi connectivity index (χ4n) is 4.43. The minimum atomic E-state index is -0.640. The molecule has 2 amide bonds. The van der Waals surface area contributed by atoms with Crippen LogP contribution in [0.3, 0.4) is 0 Å². The van der Waals surface area contributed by atoms with Gasteiger partial charge >= 0.3 is 0 Å². The van der Waals surface area contributed by atoms with Gasteiger partial charge in [-0.3, -0.25) is 9.59 Å². The van der Waals surface area contributed by atoms with E-state index in [0.29, 0.717) is 29.2 Å². The first-order chi connectivity index (χ1) is 16.4. The molecule has 1 saturated heterocycles. The third-order valence-electron chi connectivity index (χ3n) is 6.12. The molecule has 0 aliphatic carbocycles. The quantitative estimate of drug-likeness (QED) is 0.542. The standard InChI is InChI=1S/C27H27FN2O4/c1-17-8-14-23(22(28)16-17)29-27(32)21-13-15-25(31)30(18-9-11-19(33-2)12-10-18)26(21)20-6-4-5-7-24(20)34-3/h4-12,14,16,21,26H,13,15H2,1-3H3,(H,29,32). The van der Waals surface area contributed by atoms with E-state index in [4.69, 9.17) is 9.47 Å². The molecule has 1 aliphatic rings. The molecular weight excluding hydrogens is 435 g/mol.